The van der Waals surface area contributed by atoms with Crippen LogP contribution in [0, 0.1) is 12.8 Å². The first kappa shape index (κ1) is 26.9. The molecular weight excluding hydrogens is 531 g/mol. The summed E-state index contributed by atoms with van der Waals surface area (Å²) in [5, 5.41) is 9.32. The number of hydrogen-bond donors (Lipinski definition) is 3. The second-order valence-electron chi connectivity index (χ2n) is 7.98. The molecule has 1 unspecified atom stereocenters. The molecule has 7 nitrogen and oxygen atoms in total. The molecule has 180 valence electrons. The number of rotatable bonds is 9. The summed E-state index contributed by atoms with van der Waals surface area (Å²) in [6, 6.07) is 13.8. The number of halogens is 1. The third-order valence-corrected chi connectivity index (χ3v) is 5.37. The van der Waals surface area contributed by atoms with Crippen molar-refractivity contribution in [3.63, 3.8) is 0 Å². The summed E-state index contributed by atoms with van der Waals surface area (Å²) in [4.78, 5) is 16.4. The second-order valence-corrected chi connectivity index (χ2v) is 7.98. The van der Waals surface area contributed by atoms with Gasteiger partial charge in [-0.2, -0.15) is 0 Å². The summed E-state index contributed by atoms with van der Waals surface area (Å²) in [6.45, 7) is 8.29. The molecule has 1 aliphatic rings. The van der Waals surface area contributed by atoms with Crippen LogP contribution in [-0.4, -0.2) is 45.3 Å². The number of carbonyl (C=O) groups is 1. The number of carbonyl (C=O) groups excluding carboxylic acids is 1. The van der Waals surface area contributed by atoms with Gasteiger partial charge in [-0.3, -0.25) is 4.79 Å². The van der Waals surface area contributed by atoms with Crippen molar-refractivity contribution in [1.82, 2.24) is 16.0 Å². The van der Waals surface area contributed by atoms with Crippen LogP contribution in [0.5, 0.6) is 5.75 Å². The Balaban J connectivity index is 0.00000385. The highest BCUT2D eigenvalue weighted by molar-refractivity contribution is 14.0. The Morgan fingerprint density at radius 2 is 1.97 bits per heavy atom. The molecule has 1 heterocycles. The lowest BCUT2D eigenvalue weighted by Crippen LogP contribution is -2.36. The molecule has 0 aromatic heterocycles. The van der Waals surface area contributed by atoms with Crippen molar-refractivity contribution in [2.75, 3.05) is 33.4 Å². The van der Waals surface area contributed by atoms with E-state index in [2.05, 4.69) is 46.1 Å². The van der Waals surface area contributed by atoms with E-state index in [-0.39, 0.29) is 29.9 Å². The van der Waals surface area contributed by atoms with E-state index in [1.54, 1.807) is 7.05 Å². The number of nitrogens with one attached hydrogen (secondary N) is 3. The molecule has 1 saturated heterocycles. The molecule has 3 N–H and O–H groups in total. The number of nitrogens with zero attached hydrogens (tertiary/aromatic N) is 1. The van der Waals surface area contributed by atoms with Crippen molar-refractivity contribution in [3.05, 3.63) is 64.7 Å². The highest BCUT2D eigenvalue weighted by atomic mass is 127. The summed E-state index contributed by atoms with van der Waals surface area (Å²) < 4.78 is 11.6. The number of aliphatic imine (C=N–C) groups is 1. The van der Waals surface area contributed by atoms with Gasteiger partial charge in [0.05, 0.1) is 19.8 Å². The molecule has 2 aromatic carbocycles. The van der Waals surface area contributed by atoms with Crippen molar-refractivity contribution >= 4 is 35.8 Å². The largest absolute Gasteiger partial charge is 0.493 e. The minimum Gasteiger partial charge on any atom is -0.493 e. The number of ether oxygens (including phenoxy) is 2. The van der Waals surface area contributed by atoms with E-state index in [9.17, 15) is 4.79 Å². The van der Waals surface area contributed by atoms with Crippen molar-refractivity contribution in [3.8, 4) is 5.75 Å². The zero-order valence-corrected chi connectivity index (χ0v) is 22.0. The van der Waals surface area contributed by atoms with Crippen LogP contribution in [0.15, 0.2) is 47.5 Å². The Morgan fingerprint density at radius 3 is 2.64 bits per heavy atom. The van der Waals surface area contributed by atoms with Gasteiger partial charge in [0.25, 0.3) is 5.91 Å². The minimum atomic E-state index is -0.0911. The molecule has 1 amide bonds. The normalized spacial score (nSPS) is 15.5. The molecule has 2 aromatic rings. The zero-order chi connectivity index (χ0) is 22.8. The Hall–Kier alpha value is -2.33. The van der Waals surface area contributed by atoms with Gasteiger partial charge in [-0.15, -0.1) is 24.0 Å². The fourth-order valence-electron chi connectivity index (χ4n) is 3.46. The average Bonchev–Trinajstić information content (AvgIpc) is 3.34. The number of benzene rings is 2. The van der Waals surface area contributed by atoms with Crippen molar-refractivity contribution < 1.29 is 14.3 Å². The monoisotopic (exact) mass is 566 g/mol. The van der Waals surface area contributed by atoms with Gasteiger partial charge in [0, 0.05) is 43.8 Å². The van der Waals surface area contributed by atoms with Crippen LogP contribution in [0.2, 0.25) is 0 Å². The van der Waals surface area contributed by atoms with Gasteiger partial charge in [-0.05, 0) is 49.6 Å². The molecule has 1 fully saturated rings. The highest BCUT2D eigenvalue weighted by Gasteiger charge is 2.17. The van der Waals surface area contributed by atoms with Crippen LogP contribution in [-0.2, 0) is 17.8 Å². The van der Waals surface area contributed by atoms with E-state index in [1.807, 2.05) is 31.2 Å². The molecule has 1 aliphatic heterocycles. The summed E-state index contributed by atoms with van der Waals surface area (Å²) in [6.07, 6.45) is 1.06. The first-order valence-corrected chi connectivity index (χ1v) is 11.2. The van der Waals surface area contributed by atoms with Gasteiger partial charge in [0.15, 0.2) is 5.96 Å². The Morgan fingerprint density at radius 1 is 1.18 bits per heavy atom. The fraction of sp³-hybridized carbons (Fsp3) is 0.440. The number of amides is 1. The summed E-state index contributed by atoms with van der Waals surface area (Å²) >= 11 is 0. The molecule has 3 rings (SSSR count). The lowest BCUT2D eigenvalue weighted by Gasteiger charge is -2.17. The zero-order valence-electron chi connectivity index (χ0n) is 19.6. The van der Waals surface area contributed by atoms with Crippen LogP contribution in [0.1, 0.15) is 40.4 Å². The number of hydrogen-bond acceptors (Lipinski definition) is 4. The van der Waals surface area contributed by atoms with Crippen LogP contribution in [0.25, 0.3) is 0 Å². The summed E-state index contributed by atoms with van der Waals surface area (Å²) in [7, 11) is 1.63. The van der Waals surface area contributed by atoms with E-state index in [0.717, 1.165) is 49.0 Å². The Labute approximate surface area is 213 Å². The molecule has 33 heavy (non-hydrogen) atoms. The van der Waals surface area contributed by atoms with Crippen LogP contribution in [0.3, 0.4) is 0 Å². The maximum atomic E-state index is 11.7. The summed E-state index contributed by atoms with van der Waals surface area (Å²) in [5.41, 5.74) is 3.94. The molecule has 0 aliphatic carbocycles. The van der Waals surface area contributed by atoms with Gasteiger partial charge < -0.3 is 25.4 Å². The predicted octanol–water partition coefficient (Wildman–Crippen LogP) is 3.64. The van der Waals surface area contributed by atoms with Crippen molar-refractivity contribution in [2.24, 2.45) is 10.9 Å². The van der Waals surface area contributed by atoms with Gasteiger partial charge in [0.2, 0.25) is 0 Å². The third kappa shape index (κ3) is 8.51. The third-order valence-electron chi connectivity index (χ3n) is 5.37. The smallest absolute Gasteiger partial charge is 0.251 e. The van der Waals surface area contributed by atoms with Crippen LogP contribution < -0.4 is 20.7 Å². The van der Waals surface area contributed by atoms with Crippen LogP contribution in [0.4, 0.5) is 0 Å². The van der Waals surface area contributed by atoms with Gasteiger partial charge >= 0.3 is 0 Å². The SMILES string of the molecule is CCNC(=NCc1ccc(C(=O)NC)cc1)NCc1ccc(C)cc1OCC1CCOC1.I. The van der Waals surface area contributed by atoms with E-state index in [0.29, 0.717) is 31.2 Å². The standard InChI is InChI=1S/C25H34N4O3.HI/c1-4-27-25(28-14-19-6-9-21(10-7-19)24(30)26-3)29-15-22-8-5-18(2)13-23(22)32-17-20-11-12-31-16-20;/h5-10,13,20H,4,11-12,14-17H2,1-3H3,(H,26,30)(H2,27,28,29);1H. The van der Waals surface area contributed by atoms with E-state index < -0.39 is 0 Å². The molecule has 1 atom stereocenters. The lowest BCUT2D eigenvalue weighted by molar-refractivity contribution is 0.0963. The van der Waals surface area contributed by atoms with Gasteiger partial charge in [0.1, 0.15) is 5.75 Å². The first-order valence-electron chi connectivity index (χ1n) is 11.2. The predicted molar refractivity (Wildman–Crippen MR) is 143 cm³/mol. The Bertz CT molecular complexity index is 912. The van der Waals surface area contributed by atoms with E-state index in [4.69, 9.17) is 9.47 Å². The van der Waals surface area contributed by atoms with Gasteiger partial charge in [-0.1, -0.05) is 24.3 Å². The lowest BCUT2D eigenvalue weighted by atomic mass is 10.1. The maximum absolute atomic E-state index is 11.7. The van der Waals surface area contributed by atoms with Gasteiger partial charge in [-0.25, -0.2) is 4.99 Å². The molecule has 8 heteroatoms. The topological polar surface area (TPSA) is 84.0 Å². The molecule has 0 spiro atoms. The average molecular weight is 566 g/mol. The first-order chi connectivity index (χ1) is 15.6. The highest BCUT2D eigenvalue weighted by Crippen LogP contribution is 2.22. The number of guanidine groups is 1. The quantitative estimate of drug-likeness (QED) is 0.245. The van der Waals surface area contributed by atoms with E-state index in [1.165, 1.54) is 5.56 Å². The molecular formula is C25H35IN4O3. The summed E-state index contributed by atoms with van der Waals surface area (Å²) in [5.74, 6) is 2.01. The van der Waals surface area contributed by atoms with Crippen molar-refractivity contribution in [1.29, 1.82) is 0 Å². The molecule has 0 radical (unpaired) electrons. The minimum absolute atomic E-state index is 0. The fourth-order valence-corrected chi connectivity index (χ4v) is 3.46. The van der Waals surface area contributed by atoms with E-state index >= 15 is 0 Å². The second kappa shape index (κ2) is 14.0. The molecule has 0 saturated carbocycles. The molecule has 0 bridgehead atoms. The Kier molecular flexibility index (Phi) is 11.5. The maximum Gasteiger partial charge on any atom is 0.251 e. The van der Waals surface area contributed by atoms with Crippen molar-refractivity contribution in [2.45, 2.75) is 33.4 Å². The number of aryl methyl sites for hydroxylation is 1. The van der Waals surface area contributed by atoms with Crippen LogP contribution >= 0.6 is 24.0 Å².